The number of nitrogens with one attached hydrogen (secondary N) is 1. The molecule has 1 aromatic carbocycles. The van der Waals surface area contributed by atoms with Gasteiger partial charge in [0.1, 0.15) is 11.5 Å². The van der Waals surface area contributed by atoms with Gasteiger partial charge in [0.25, 0.3) is 0 Å². The van der Waals surface area contributed by atoms with Crippen molar-refractivity contribution in [3.63, 3.8) is 0 Å². The summed E-state index contributed by atoms with van der Waals surface area (Å²) in [5, 5.41) is 2.81. The molecule has 0 spiro atoms. The number of anilines is 1. The van der Waals surface area contributed by atoms with Crippen LogP contribution < -0.4 is 19.7 Å². The van der Waals surface area contributed by atoms with E-state index in [0.717, 1.165) is 0 Å². The fourth-order valence-corrected chi connectivity index (χ4v) is 2.06. The first-order chi connectivity index (χ1) is 10.4. The van der Waals surface area contributed by atoms with E-state index in [1.807, 2.05) is 13.8 Å². The molecule has 0 aliphatic carbocycles. The minimum atomic E-state index is -0.163. The standard InChI is InChI=1S/C16H24N2O4/c1-11(2)17-16(20)8-9-18(12(3)19)14-10-13(21-4)6-7-15(14)22-5/h6-7,10-11H,8-9H2,1-5H3,(H,17,20). The van der Waals surface area contributed by atoms with E-state index in [-0.39, 0.29) is 30.8 Å². The van der Waals surface area contributed by atoms with E-state index in [1.165, 1.54) is 18.9 Å². The summed E-state index contributed by atoms with van der Waals surface area (Å²) >= 11 is 0. The highest BCUT2D eigenvalue weighted by Gasteiger charge is 2.18. The van der Waals surface area contributed by atoms with Gasteiger partial charge in [-0.2, -0.15) is 0 Å². The Labute approximate surface area is 131 Å². The average Bonchev–Trinajstić information content (AvgIpc) is 2.46. The maximum atomic E-state index is 11.9. The van der Waals surface area contributed by atoms with E-state index in [0.29, 0.717) is 17.2 Å². The van der Waals surface area contributed by atoms with Crippen LogP contribution in [0.4, 0.5) is 5.69 Å². The van der Waals surface area contributed by atoms with Crippen LogP contribution in [0.2, 0.25) is 0 Å². The van der Waals surface area contributed by atoms with Crippen molar-refractivity contribution in [2.45, 2.75) is 33.2 Å². The normalized spacial score (nSPS) is 10.3. The predicted molar refractivity (Wildman–Crippen MR) is 85.5 cm³/mol. The Morgan fingerprint density at radius 1 is 1.23 bits per heavy atom. The third-order valence-electron chi connectivity index (χ3n) is 3.07. The number of benzene rings is 1. The molecule has 22 heavy (non-hydrogen) atoms. The fraction of sp³-hybridized carbons (Fsp3) is 0.500. The lowest BCUT2D eigenvalue weighted by Crippen LogP contribution is -2.36. The number of hydrogen-bond donors (Lipinski definition) is 1. The van der Waals surface area contributed by atoms with E-state index in [9.17, 15) is 9.59 Å². The first-order valence-corrected chi connectivity index (χ1v) is 7.18. The summed E-state index contributed by atoms with van der Waals surface area (Å²) in [5.41, 5.74) is 0.590. The molecule has 0 saturated heterocycles. The van der Waals surface area contributed by atoms with E-state index in [2.05, 4.69) is 5.32 Å². The second-order valence-electron chi connectivity index (χ2n) is 5.18. The number of rotatable bonds is 7. The maximum absolute atomic E-state index is 11.9. The zero-order chi connectivity index (χ0) is 16.7. The van der Waals surface area contributed by atoms with E-state index >= 15 is 0 Å². The summed E-state index contributed by atoms with van der Waals surface area (Å²) in [6, 6.07) is 5.29. The fourth-order valence-electron chi connectivity index (χ4n) is 2.06. The Hall–Kier alpha value is -2.24. The number of carbonyl (C=O) groups is 2. The van der Waals surface area contributed by atoms with Gasteiger partial charge in [0.2, 0.25) is 11.8 Å². The first-order valence-electron chi connectivity index (χ1n) is 7.18. The lowest BCUT2D eigenvalue weighted by Gasteiger charge is -2.24. The molecule has 0 radical (unpaired) electrons. The number of carbonyl (C=O) groups excluding carboxylic acids is 2. The van der Waals surface area contributed by atoms with Crippen LogP contribution in [0.5, 0.6) is 11.5 Å². The monoisotopic (exact) mass is 308 g/mol. The molecule has 0 unspecified atom stereocenters. The molecule has 0 fully saturated rings. The summed E-state index contributed by atoms with van der Waals surface area (Å²) in [4.78, 5) is 25.2. The van der Waals surface area contributed by atoms with E-state index < -0.39 is 0 Å². The SMILES string of the molecule is COc1ccc(OC)c(N(CCC(=O)NC(C)C)C(C)=O)c1. The minimum absolute atomic E-state index is 0.0737. The Balaban J connectivity index is 2.95. The Morgan fingerprint density at radius 2 is 1.91 bits per heavy atom. The number of ether oxygens (including phenoxy) is 2. The van der Waals surface area contributed by atoms with Crippen LogP contribution in [-0.2, 0) is 9.59 Å². The Morgan fingerprint density at radius 3 is 2.41 bits per heavy atom. The van der Waals surface area contributed by atoms with Crippen molar-refractivity contribution in [2.75, 3.05) is 25.7 Å². The minimum Gasteiger partial charge on any atom is -0.497 e. The highest BCUT2D eigenvalue weighted by molar-refractivity contribution is 5.94. The van der Waals surface area contributed by atoms with Crippen LogP contribution >= 0.6 is 0 Å². The zero-order valence-electron chi connectivity index (χ0n) is 13.8. The third kappa shape index (κ3) is 4.95. The van der Waals surface area contributed by atoms with Crippen molar-refractivity contribution in [1.29, 1.82) is 0 Å². The van der Waals surface area contributed by atoms with Gasteiger partial charge < -0.3 is 19.7 Å². The van der Waals surface area contributed by atoms with Crippen LogP contribution in [0.25, 0.3) is 0 Å². The Bertz CT molecular complexity index is 529. The average molecular weight is 308 g/mol. The lowest BCUT2D eigenvalue weighted by molar-refractivity contribution is -0.121. The maximum Gasteiger partial charge on any atom is 0.223 e. The molecule has 0 atom stereocenters. The van der Waals surface area contributed by atoms with E-state index in [1.54, 1.807) is 25.3 Å². The molecule has 0 aliphatic heterocycles. The van der Waals surface area contributed by atoms with Crippen LogP contribution in [0, 0.1) is 0 Å². The second kappa shape index (κ2) is 8.26. The molecule has 0 saturated carbocycles. The van der Waals surface area contributed by atoms with Crippen LogP contribution in [0.1, 0.15) is 27.2 Å². The predicted octanol–water partition coefficient (Wildman–Crippen LogP) is 1.97. The molecule has 1 N–H and O–H groups in total. The topological polar surface area (TPSA) is 67.9 Å². The molecule has 0 aromatic heterocycles. The zero-order valence-corrected chi connectivity index (χ0v) is 13.8. The summed E-state index contributed by atoms with van der Waals surface area (Å²) in [6.07, 6.45) is 0.220. The van der Waals surface area contributed by atoms with Gasteiger partial charge in [-0.1, -0.05) is 0 Å². The van der Waals surface area contributed by atoms with Gasteiger partial charge in [0.15, 0.2) is 0 Å². The summed E-state index contributed by atoms with van der Waals surface area (Å²) < 4.78 is 10.5. The molecule has 0 aliphatic rings. The molecule has 122 valence electrons. The van der Waals surface area contributed by atoms with Crippen molar-refractivity contribution in [3.8, 4) is 11.5 Å². The number of amides is 2. The molecular weight excluding hydrogens is 284 g/mol. The molecule has 0 bridgehead atoms. The van der Waals surface area contributed by atoms with Crippen LogP contribution in [-0.4, -0.2) is 38.6 Å². The van der Waals surface area contributed by atoms with Crippen LogP contribution in [0.15, 0.2) is 18.2 Å². The number of nitrogens with zero attached hydrogens (tertiary/aromatic N) is 1. The molecule has 6 nitrogen and oxygen atoms in total. The number of hydrogen-bond acceptors (Lipinski definition) is 4. The highest BCUT2D eigenvalue weighted by Crippen LogP contribution is 2.32. The second-order valence-corrected chi connectivity index (χ2v) is 5.18. The first kappa shape index (κ1) is 17.8. The van der Waals surface area contributed by atoms with Crippen molar-refractivity contribution < 1.29 is 19.1 Å². The Kier molecular flexibility index (Phi) is 6.69. The van der Waals surface area contributed by atoms with Gasteiger partial charge in [-0.3, -0.25) is 9.59 Å². The highest BCUT2D eigenvalue weighted by atomic mass is 16.5. The molecule has 0 heterocycles. The van der Waals surface area contributed by atoms with Crippen molar-refractivity contribution in [2.24, 2.45) is 0 Å². The lowest BCUT2D eigenvalue weighted by atomic mass is 10.2. The van der Waals surface area contributed by atoms with Crippen LogP contribution in [0.3, 0.4) is 0 Å². The van der Waals surface area contributed by atoms with Crippen molar-refractivity contribution in [3.05, 3.63) is 18.2 Å². The van der Waals surface area contributed by atoms with Gasteiger partial charge in [-0.15, -0.1) is 0 Å². The van der Waals surface area contributed by atoms with Gasteiger partial charge >= 0.3 is 0 Å². The van der Waals surface area contributed by atoms with Gasteiger partial charge in [-0.05, 0) is 26.0 Å². The largest absolute Gasteiger partial charge is 0.497 e. The van der Waals surface area contributed by atoms with Gasteiger partial charge in [0.05, 0.1) is 19.9 Å². The molecule has 1 rings (SSSR count). The molecule has 6 heteroatoms. The van der Waals surface area contributed by atoms with Gasteiger partial charge in [0, 0.05) is 32.0 Å². The molecule has 1 aromatic rings. The molecular formula is C16H24N2O4. The smallest absolute Gasteiger partial charge is 0.223 e. The third-order valence-corrected chi connectivity index (χ3v) is 3.07. The molecule has 2 amide bonds. The number of methoxy groups -OCH3 is 2. The van der Waals surface area contributed by atoms with Crippen molar-refractivity contribution >= 4 is 17.5 Å². The summed E-state index contributed by atoms with van der Waals surface area (Å²) in [5.74, 6) is 0.918. The summed E-state index contributed by atoms with van der Waals surface area (Å²) in [7, 11) is 3.09. The van der Waals surface area contributed by atoms with E-state index in [4.69, 9.17) is 9.47 Å². The van der Waals surface area contributed by atoms with Gasteiger partial charge in [-0.25, -0.2) is 0 Å². The summed E-state index contributed by atoms with van der Waals surface area (Å²) in [6.45, 7) is 5.52. The van der Waals surface area contributed by atoms with Crippen molar-refractivity contribution in [1.82, 2.24) is 5.32 Å². The quantitative estimate of drug-likeness (QED) is 0.836.